The first-order valence-electron chi connectivity index (χ1n) is 7.05. The molecular formula is C18H18ClNO3. The van der Waals surface area contributed by atoms with Crippen molar-refractivity contribution < 1.29 is 14.3 Å². The summed E-state index contributed by atoms with van der Waals surface area (Å²) in [5, 5.41) is 3.49. The van der Waals surface area contributed by atoms with Crippen molar-refractivity contribution in [2.75, 3.05) is 14.2 Å². The van der Waals surface area contributed by atoms with Crippen molar-refractivity contribution in [1.82, 2.24) is 5.32 Å². The van der Waals surface area contributed by atoms with Crippen LogP contribution in [0.4, 0.5) is 0 Å². The zero-order valence-corrected chi connectivity index (χ0v) is 13.8. The molecule has 0 aliphatic carbocycles. The van der Waals surface area contributed by atoms with Crippen LogP contribution >= 0.6 is 11.6 Å². The van der Waals surface area contributed by atoms with Crippen molar-refractivity contribution in [3.05, 3.63) is 64.7 Å². The minimum atomic E-state index is -0.172. The van der Waals surface area contributed by atoms with Crippen LogP contribution in [0.15, 0.2) is 48.5 Å². The molecule has 2 aromatic carbocycles. The lowest BCUT2D eigenvalue weighted by Crippen LogP contribution is -2.20. The van der Waals surface area contributed by atoms with E-state index in [-0.39, 0.29) is 5.91 Å². The van der Waals surface area contributed by atoms with Gasteiger partial charge in [0.1, 0.15) is 0 Å². The molecule has 0 saturated heterocycles. The standard InChI is InChI=1S/C18H18ClNO3/c1-22-16-9-5-14(11-17(16)23-2)12-20-18(21)10-6-13-3-7-15(19)8-4-13/h3-11H,12H2,1-2H3,(H,20,21). The van der Waals surface area contributed by atoms with Crippen molar-refractivity contribution in [2.45, 2.75) is 6.54 Å². The molecule has 2 rings (SSSR count). The van der Waals surface area contributed by atoms with Gasteiger partial charge < -0.3 is 14.8 Å². The summed E-state index contributed by atoms with van der Waals surface area (Å²) in [4.78, 5) is 11.9. The molecule has 0 atom stereocenters. The fourth-order valence-electron chi connectivity index (χ4n) is 1.98. The minimum Gasteiger partial charge on any atom is -0.493 e. The Labute approximate surface area is 140 Å². The number of ether oxygens (including phenoxy) is 2. The second-order valence-corrected chi connectivity index (χ2v) is 5.23. The summed E-state index contributed by atoms with van der Waals surface area (Å²) in [6.07, 6.45) is 3.23. The minimum absolute atomic E-state index is 0.172. The smallest absolute Gasteiger partial charge is 0.244 e. The number of benzene rings is 2. The Bertz CT molecular complexity index is 696. The van der Waals surface area contributed by atoms with Gasteiger partial charge in [-0.25, -0.2) is 0 Å². The lowest BCUT2D eigenvalue weighted by Gasteiger charge is -2.09. The van der Waals surface area contributed by atoms with Crippen LogP contribution in [0.1, 0.15) is 11.1 Å². The maximum Gasteiger partial charge on any atom is 0.244 e. The van der Waals surface area contributed by atoms with Crippen molar-refractivity contribution in [3.63, 3.8) is 0 Å². The second-order valence-electron chi connectivity index (χ2n) is 4.79. The highest BCUT2D eigenvalue weighted by Crippen LogP contribution is 2.27. The van der Waals surface area contributed by atoms with Gasteiger partial charge in [0.15, 0.2) is 11.5 Å². The van der Waals surface area contributed by atoms with E-state index in [2.05, 4.69) is 5.32 Å². The fraction of sp³-hybridized carbons (Fsp3) is 0.167. The molecule has 4 nitrogen and oxygen atoms in total. The first kappa shape index (κ1) is 16.9. The molecule has 2 aromatic rings. The molecule has 0 radical (unpaired) electrons. The number of rotatable bonds is 6. The van der Waals surface area contributed by atoms with Crippen molar-refractivity contribution in [2.24, 2.45) is 0 Å². The van der Waals surface area contributed by atoms with E-state index in [1.807, 2.05) is 30.3 Å². The van der Waals surface area contributed by atoms with E-state index < -0.39 is 0 Å². The third-order valence-corrected chi connectivity index (χ3v) is 3.46. The van der Waals surface area contributed by atoms with Crippen LogP contribution in [0, 0.1) is 0 Å². The molecule has 23 heavy (non-hydrogen) atoms. The number of carbonyl (C=O) groups is 1. The maximum absolute atomic E-state index is 11.9. The number of methoxy groups -OCH3 is 2. The Kier molecular flexibility index (Phi) is 6.06. The number of carbonyl (C=O) groups excluding carboxylic acids is 1. The van der Waals surface area contributed by atoms with Gasteiger partial charge in [-0.15, -0.1) is 0 Å². The zero-order valence-electron chi connectivity index (χ0n) is 13.0. The Hall–Kier alpha value is -2.46. The molecule has 1 N–H and O–H groups in total. The SMILES string of the molecule is COc1ccc(CNC(=O)C=Cc2ccc(Cl)cc2)cc1OC. The monoisotopic (exact) mass is 331 g/mol. The predicted molar refractivity (Wildman–Crippen MR) is 91.9 cm³/mol. The number of halogens is 1. The van der Waals surface area contributed by atoms with Gasteiger partial charge in [0.05, 0.1) is 14.2 Å². The van der Waals surface area contributed by atoms with E-state index in [1.165, 1.54) is 6.08 Å². The lowest BCUT2D eigenvalue weighted by molar-refractivity contribution is -0.116. The molecule has 5 heteroatoms. The molecule has 0 saturated carbocycles. The number of nitrogens with one attached hydrogen (secondary N) is 1. The lowest BCUT2D eigenvalue weighted by atomic mass is 10.2. The van der Waals surface area contributed by atoms with E-state index in [0.29, 0.717) is 23.1 Å². The van der Waals surface area contributed by atoms with Gasteiger partial charge in [-0.2, -0.15) is 0 Å². The highest BCUT2D eigenvalue weighted by atomic mass is 35.5. The summed E-state index contributed by atoms with van der Waals surface area (Å²) in [5.41, 5.74) is 1.84. The van der Waals surface area contributed by atoms with Crippen molar-refractivity contribution in [1.29, 1.82) is 0 Å². The van der Waals surface area contributed by atoms with Crippen molar-refractivity contribution >= 4 is 23.6 Å². The number of amides is 1. The van der Waals surface area contributed by atoms with Crippen molar-refractivity contribution in [3.8, 4) is 11.5 Å². The largest absolute Gasteiger partial charge is 0.493 e. The van der Waals surface area contributed by atoms with E-state index in [0.717, 1.165) is 11.1 Å². The van der Waals surface area contributed by atoms with Gasteiger partial charge in [-0.1, -0.05) is 29.8 Å². The third kappa shape index (κ3) is 5.04. The Morgan fingerprint density at radius 2 is 1.78 bits per heavy atom. The summed E-state index contributed by atoms with van der Waals surface area (Å²) in [6.45, 7) is 0.407. The van der Waals surface area contributed by atoms with Gasteiger partial charge in [-0.05, 0) is 41.5 Å². The van der Waals surface area contributed by atoms with E-state index in [4.69, 9.17) is 21.1 Å². The van der Waals surface area contributed by atoms with Gasteiger partial charge >= 0.3 is 0 Å². The highest BCUT2D eigenvalue weighted by molar-refractivity contribution is 6.30. The third-order valence-electron chi connectivity index (χ3n) is 3.21. The van der Waals surface area contributed by atoms with Gasteiger partial charge in [0.2, 0.25) is 5.91 Å². The maximum atomic E-state index is 11.9. The Morgan fingerprint density at radius 3 is 2.43 bits per heavy atom. The summed E-state index contributed by atoms with van der Waals surface area (Å²) < 4.78 is 10.4. The second kappa shape index (κ2) is 8.25. The molecule has 0 aliphatic rings. The molecular weight excluding hydrogens is 314 g/mol. The van der Waals surface area contributed by atoms with E-state index >= 15 is 0 Å². The summed E-state index contributed by atoms with van der Waals surface area (Å²) >= 11 is 5.82. The van der Waals surface area contributed by atoms with Crippen LogP contribution in [-0.4, -0.2) is 20.1 Å². The van der Waals surface area contributed by atoms with E-state index in [9.17, 15) is 4.79 Å². The topological polar surface area (TPSA) is 47.6 Å². The number of hydrogen-bond acceptors (Lipinski definition) is 3. The van der Waals surface area contributed by atoms with Crippen LogP contribution in [0.2, 0.25) is 5.02 Å². The van der Waals surface area contributed by atoms with Gasteiger partial charge in [0.25, 0.3) is 0 Å². The normalized spacial score (nSPS) is 10.6. The Morgan fingerprint density at radius 1 is 1.09 bits per heavy atom. The van der Waals surface area contributed by atoms with Gasteiger partial charge in [-0.3, -0.25) is 4.79 Å². The summed E-state index contributed by atoms with van der Waals surface area (Å²) in [6, 6.07) is 12.8. The summed E-state index contributed by atoms with van der Waals surface area (Å²) in [7, 11) is 3.16. The van der Waals surface area contributed by atoms with E-state index in [1.54, 1.807) is 32.4 Å². The molecule has 0 heterocycles. The first-order valence-corrected chi connectivity index (χ1v) is 7.42. The van der Waals surface area contributed by atoms with Crippen LogP contribution in [0.5, 0.6) is 11.5 Å². The molecule has 0 spiro atoms. The number of hydrogen-bond donors (Lipinski definition) is 1. The van der Waals surface area contributed by atoms with Crippen LogP contribution < -0.4 is 14.8 Å². The molecule has 0 aromatic heterocycles. The Balaban J connectivity index is 1.92. The molecule has 0 bridgehead atoms. The average Bonchev–Trinajstić information content (AvgIpc) is 2.59. The van der Waals surface area contributed by atoms with Gasteiger partial charge in [0, 0.05) is 17.6 Å². The quantitative estimate of drug-likeness (QED) is 0.821. The molecule has 120 valence electrons. The average molecular weight is 332 g/mol. The molecule has 0 unspecified atom stereocenters. The first-order chi connectivity index (χ1) is 11.1. The molecule has 0 fully saturated rings. The fourth-order valence-corrected chi connectivity index (χ4v) is 2.11. The van der Waals surface area contributed by atoms with Crippen LogP contribution in [-0.2, 0) is 11.3 Å². The van der Waals surface area contributed by atoms with Crippen LogP contribution in [0.25, 0.3) is 6.08 Å². The zero-order chi connectivity index (χ0) is 16.7. The summed E-state index contributed by atoms with van der Waals surface area (Å²) in [5.74, 6) is 1.12. The molecule has 1 amide bonds. The highest BCUT2D eigenvalue weighted by Gasteiger charge is 2.05. The molecule has 0 aliphatic heterocycles. The van der Waals surface area contributed by atoms with Crippen LogP contribution in [0.3, 0.4) is 0 Å². The predicted octanol–water partition coefficient (Wildman–Crippen LogP) is 3.69.